The maximum absolute atomic E-state index is 11.5. The molecule has 19 heavy (non-hydrogen) atoms. The molecule has 0 saturated heterocycles. The molecule has 1 atom stereocenters. The van der Waals surface area contributed by atoms with Gasteiger partial charge in [0, 0.05) is 29.1 Å². The van der Waals surface area contributed by atoms with Gasteiger partial charge >= 0.3 is 29.6 Å². The Labute approximate surface area is 131 Å². The average Bonchev–Trinajstić information content (AvgIpc) is 2.35. The van der Waals surface area contributed by atoms with E-state index in [1.54, 1.807) is 18.2 Å². The number of rotatable bonds is 4. The van der Waals surface area contributed by atoms with Gasteiger partial charge in [0.2, 0.25) is 0 Å². The van der Waals surface area contributed by atoms with Crippen molar-refractivity contribution in [2.24, 2.45) is 0 Å². The van der Waals surface area contributed by atoms with Gasteiger partial charge in [-0.2, -0.15) is 0 Å². The zero-order valence-electron chi connectivity index (χ0n) is 10.6. The summed E-state index contributed by atoms with van der Waals surface area (Å²) >= 11 is 0. The van der Waals surface area contributed by atoms with Crippen molar-refractivity contribution in [1.82, 2.24) is 4.98 Å². The predicted octanol–water partition coefficient (Wildman–Crippen LogP) is -2.90. The number of carbonyl (C=O) groups is 1. The molecule has 0 aliphatic heterocycles. The minimum Gasteiger partial charge on any atom is -0.550 e. The van der Waals surface area contributed by atoms with Crippen LogP contribution < -0.4 is 40.1 Å². The summed E-state index contributed by atoms with van der Waals surface area (Å²) in [6.07, 6.45) is 0.535. The summed E-state index contributed by atoms with van der Waals surface area (Å²) in [7, 11) is 0. The largest absolute Gasteiger partial charge is 1.00 e. The number of aromatic amines is 1. The first-order chi connectivity index (χ1) is 8.58. The molecule has 5 nitrogen and oxygen atoms in total. The van der Waals surface area contributed by atoms with E-state index in [1.165, 1.54) is 12.3 Å². The molecule has 0 spiro atoms. The summed E-state index contributed by atoms with van der Waals surface area (Å²) in [4.78, 5) is 24.7. The molecule has 0 bridgehead atoms. The Kier molecular flexibility index (Phi) is 5.75. The first-order valence-electron chi connectivity index (χ1n) is 5.57. The quantitative estimate of drug-likeness (QED) is 0.582. The van der Waals surface area contributed by atoms with Gasteiger partial charge < -0.3 is 20.0 Å². The maximum Gasteiger partial charge on any atom is 1.00 e. The third-order valence-corrected chi connectivity index (χ3v) is 2.79. The molecule has 0 aliphatic rings. The van der Waals surface area contributed by atoms with Crippen molar-refractivity contribution in [3.05, 3.63) is 46.2 Å². The average molecular weight is 269 g/mol. The van der Waals surface area contributed by atoms with Gasteiger partial charge in [-0.05, 0) is 30.5 Å². The van der Waals surface area contributed by atoms with Crippen molar-refractivity contribution < 1.29 is 44.6 Å². The van der Waals surface area contributed by atoms with Gasteiger partial charge in [-0.25, -0.2) is 0 Å². The smallest absolute Gasteiger partial charge is 0.550 e. The van der Waals surface area contributed by atoms with E-state index in [4.69, 9.17) is 0 Å². The minimum atomic E-state index is -1.19. The summed E-state index contributed by atoms with van der Waals surface area (Å²) in [5.41, 5.74) is 1.10. The van der Waals surface area contributed by atoms with Gasteiger partial charge in [-0.3, -0.25) is 4.79 Å². The van der Waals surface area contributed by atoms with Crippen molar-refractivity contribution in [1.29, 1.82) is 0 Å². The van der Waals surface area contributed by atoms with E-state index in [0.29, 0.717) is 16.5 Å². The van der Waals surface area contributed by atoms with E-state index >= 15 is 0 Å². The summed E-state index contributed by atoms with van der Waals surface area (Å²) in [5.74, 6) is -1.19. The van der Waals surface area contributed by atoms with E-state index in [1.807, 2.05) is 0 Å². The maximum atomic E-state index is 11.5. The molecule has 0 fully saturated rings. The molecule has 2 rings (SSSR count). The third-order valence-electron chi connectivity index (χ3n) is 2.79. The van der Waals surface area contributed by atoms with Crippen molar-refractivity contribution in [2.45, 2.75) is 18.9 Å². The minimum absolute atomic E-state index is 0. The second kappa shape index (κ2) is 6.86. The number of aliphatic carboxylic acids is 1. The molecule has 6 heteroatoms. The van der Waals surface area contributed by atoms with E-state index in [-0.39, 0.29) is 47.8 Å². The second-order valence-corrected chi connectivity index (χ2v) is 4.07. The normalized spacial score (nSPS) is 11.8. The number of carbonyl (C=O) groups excluding carboxylic acids is 1. The van der Waals surface area contributed by atoms with E-state index < -0.39 is 12.1 Å². The number of nitrogens with one attached hydrogen (secondary N) is 1. The molecule has 2 N–H and O–H groups in total. The zero-order valence-corrected chi connectivity index (χ0v) is 12.6. The number of aliphatic hydroxyl groups is 1. The van der Waals surface area contributed by atoms with Crippen molar-refractivity contribution in [2.75, 3.05) is 0 Å². The Balaban J connectivity index is 0.00000180. The van der Waals surface area contributed by atoms with Crippen LogP contribution >= 0.6 is 0 Å². The van der Waals surface area contributed by atoms with Crippen LogP contribution in [0.2, 0.25) is 0 Å². The van der Waals surface area contributed by atoms with Gasteiger partial charge in [-0.15, -0.1) is 0 Å². The fourth-order valence-electron chi connectivity index (χ4n) is 1.82. The van der Waals surface area contributed by atoms with E-state index in [9.17, 15) is 19.8 Å². The van der Waals surface area contributed by atoms with Gasteiger partial charge in [0.25, 0.3) is 0 Å². The molecular formula is C13H12NNaO4. The van der Waals surface area contributed by atoms with Crippen molar-refractivity contribution >= 4 is 16.9 Å². The summed E-state index contributed by atoms with van der Waals surface area (Å²) in [6, 6.07) is 6.31. The molecule has 94 valence electrons. The van der Waals surface area contributed by atoms with Crippen LogP contribution in [0.3, 0.4) is 0 Å². The van der Waals surface area contributed by atoms with Crippen LogP contribution in [0.15, 0.2) is 35.3 Å². The van der Waals surface area contributed by atoms with Gasteiger partial charge in [0.1, 0.15) is 0 Å². The number of carboxylic acid groups (broad SMARTS) is 1. The predicted molar refractivity (Wildman–Crippen MR) is 63.8 cm³/mol. The van der Waals surface area contributed by atoms with E-state index in [2.05, 4.69) is 4.98 Å². The number of hydrogen-bond donors (Lipinski definition) is 2. The topological polar surface area (TPSA) is 93.2 Å². The van der Waals surface area contributed by atoms with Gasteiger partial charge in [-0.1, -0.05) is 6.07 Å². The number of pyridine rings is 1. The summed E-state index contributed by atoms with van der Waals surface area (Å²) in [5, 5.41) is 20.7. The molecule has 0 aliphatic carbocycles. The SMILES string of the molecule is O=C([O-])CCC(O)c1ccc2c(=O)cc[nH]c2c1.[Na+]. The monoisotopic (exact) mass is 269 g/mol. The molecule has 0 radical (unpaired) electrons. The Hall–Kier alpha value is -1.14. The second-order valence-electron chi connectivity index (χ2n) is 4.07. The number of carboxylic acids is 1. The Bertz CT molecular complexity index is 638. The Morgan fingerprint density at radius 2 is 2.11 bits per heavy atom. The van der Waals surface area contributed by atoms with Crippen LogP contribution in [0.4, 0.5) is 0 Å². The van der Waals surface area contributed by atoms with Crippen LogP contribution in [0, 0.1) is 0 Å². The van der Waals surface area contributed by atoms with Crippen LogP contribution in [0.25, 0.3) is 10.9 Å². The number of aromatic nitrogens is 1. The number of benzene rings is 1. The Morgan fingerprint density at radius 3 is 2.79 bits per heavy atom. The molecule has 0 amide bonds. The number of aliphatic hydroxyl groups excluding tert-OH is 1. The van der Waals surface area contributed by atoms with E-state index in [0.717, 1.165) is 0 Å². The fourth-order valence-corrected chi connectivity index (χ4v) is 1.82. The van der Waals surface area contributed by atoms with Crippen molar-refractivity contribution in [3.8, 4) is 0 Å². The Morgan fingerprint density at radius 1 is 1.37 bits per heavy atom. The fraction of sp³-hybridized carbons (Fsp3) is 0.231. The zero-order chi connectivity index (χ0) is 13.1. The summed E-state index contributed by atoms with van der Waals surface area (Å²) in [6.45, 7) is 0. The summed E-state index contributed by atoms with van der Waals surface area (Å²) < 4.78 is 0. The molecule has 2 aromatic rings. The molecule has 1 aromatic heterocycles. The standard InChI is InChI=1S/C13H13NO4.Na/c15-11(3-4-13(17)18)8-1-2-9-10(7-8)14-6-5-12(9)16;/h1-2,5-7,11,15H,3-4H2,(H,14,16)(H,17,18);/q;+1/p-1. The van der Waals surface area contributed by atoms with Crippen LogP contribution in [0.1, 0.15) is 24.5 Å². The first-order valence-corrected chi connectivity index (χ1v) is 5.57. The molecule has 1 unspecified atom stereocenters. The number of H-pyrrole nitrogens is 1. The van der Waals surface area contributed by atoms with Crippen LogP contribution in [-0.4, -0.2) is 16.1 Å². The van der Waals surface area contributed by atoms with Crippen LogP contribution in [-0.2, 0) is 4.79 Å². The van der Waals surface area contributed by atoms with Gasteiger partial charge in [0.15, 0.2) is 5.43 Å². The third kappa shape index (κ3) is 3.91. The van der Waals surface area contributed by atoms with Crippen molar-refractivity contribution in [3.63, 3.8) is 0 Å². The molecule has 0 saturated carbocycles. The molecule has 1 heterocycles. The number of hydrogen-bond acceptors (Lipinski definition) is 4. The first kappa shape index (κ1) is 15.9. The van der Waals surface area contributed by atoms with Crippen LogP contribution in [0.5, 0.6) is 0 Å². The molecule has 1 aromatic carbocycles. The van der Waals surface area contributed by atoms with Gasteiger partial charge in [0.05, 0.1) is 6.10 Å². The molecular weight excluding hydrogens is 257 g/mol. The number of fused-ring (bicyclic) bond motifs is 1.